The van der Waals surface area contributed by atoms with Crippen molar-refractivity contribution in [1.29, 1.82) is 0 Å². The van der Waals surface area contributed by atoms with Crippen LogP contribution >= 0.6 is 23.2 Å². The minimum absolute atomic E-state index is 0.0688. The van der Waals surface area contributed by atoms with Gasteiger partial charge in [0.2, 0.25) is 0 Å². The normalized spacial score (nSPS) is 29.6. The first-order chi connectivity index (χ1) is 9.47. The summed E-state index contributed by atoms with van der Waals surface area (Å²) in [6.45, 7) is 0. The van der Waals surface area contributed by atoms with Gasteiger partial charge in [0.25, 0.3) is 0 Å². The summed E-state index contributed by atoms with van der Waals surface area (Å²) in [6, 6.07) is 4.04. The van der Waals surface area contributed by atoms with E-state index >= 15 is 0 Å². The van der Waals surface area contributed by atoms with Gasteiger partial charge in [-0.2, -0.15) is 0 Å². The van der Waals surface area contributed by atoms with E-state index in [0.717, 1.165) is 18.4 Å². The van der Waals surface area contributed by atoms with Crippen molar-refractivity contribution in [3.63, 3.8) is 0 Å². The quantitative estimate of drug-likeness (QED) is 0.891. The first-order valence-corrected chi connectivity index (χ1v) is 7.67. The van der Waals surface area contributed by atoms with Crippen LogP contribution in [-0.2, 0) is 5.54 Å². The van der Waals surface area contributed by atoms with E-state index in [9.17, 15) is 4.79 Å². The second-order valence-electron chi connectivity index (χ2n) is 5.82. The number of aromatic carboxylic acids is 1. The van der Waals surface area contributed by atoms with E-state index < -0.39 is 5.97 Å². The molecular weight excluding hydrogens is 297 g/mol. The van der Waals surface area contributed by atoms with E-state index in [0.29, 0.717) is 11.1 Å². The summed E-state index contributed by atoms with van der Waals surface area (Å²) in [5.74, 6) is -1.04. The van der Waals surface area contributed by atoms with Gasteiger partial charge in [-0.1, -0.05) is 29.3 Å². The number of nitrogens with zero attached hydrogens (tertiary/aromatic N) is 1. The van der Waals surface area contributed by atoms with Gasteiger partial charge in [-0.15, -0.1) is 0 Å². The molecule has 0 saturated carbocycles. The molecule has 0 radical (unpaired) electrons. The Morgan fingerprint density at radius 3 is 2.75 bits per heavy atom. The lowest BCUT2D eigenvalue weighted by Crippen LogP contribution is -2.45. The van der Waals surface area contributed by atoms with E-state index in [1.165, 1.54) is 19.3 Å². The maximum absolute atomic E-state index is 11.1. The fraction of sp³-hybridized carbons (Fsp3) is 0.533. The number of piperidine rings is 1. The highest BCUT2D eigenvalue weighted by atomic mass is 35.5. The SMILES string of the molecule is CN1[C@@H]2CCC[C@@]1(c1ccc(C(=O)O)c(Cl)c1Cl)CC2. The number of carboxylic acid groups (broad SMARTS) is 1. The van der Waals surface area contributed by atoms with Crippen molar-refractivity contribution < 1.29 is 9.90 Å². The number of benzene rings is 1. The molecule has 1 N–H and O–H groups in total. The van der Waals surface area contributed by atoms with Crippen molar-refractivity contribution in [3.05, 3.63) is 33.3 Å². The van der Waals surface area contributed by atoms with E-state index in [1.54, 1.807) is 6.07 Å². The highest BCUT2D eigenvalue weighted by Crippen LogP contribution is 2.52. The Morgan fingerprint density at radius 2 is 2.05 bits per heavy atom. The first kappa shape index (κ1) is 14.2. The predicted octanol–water partition coefficient (Wildman–Crippen LogP) is 4.17. The number of carboxylic acids is 1. The summed E-state index contributed by atoms with van der Waals surface area (Å²) >= 11 is 12.6. The zero-order valence-electron chi connectivity index (χ0n) is 11.3. The van der Waals surface area contributed by atoms with Crippen molar-refractivity contribution in [2.24, 2.45) is 0 Å². The molecule has 0 aliphatic carbocycles. The Morgan fingerprint density at radius 1 is 1.30 bits per heavy atom. The van der Waals surface area contributed by atoms with E-state index in [-0.39, 0.29) is 16.1 Å². The number of fused-ring (bicyclic) bond motifs is 2. The Bertz CT molecular complexity index is 571. The first-order valence-electron chi connectivity index (χ1n) is 6.92. The standard InChI is InChI=1S/C15H17Cl2NO2/c1-18-9-3-2-7-15(18,8-6-9)11-5-4-10(14(19)20)12(16)13(11)17/h4-5,9H,2-3,6-8H2,1H3,(H,19,20)/t9-,15+/m1/s1. The molecule has 1 aromatic carbocycles. The zero-order valence-corrected chi connectivity index (χ0v) is 12.8. The van der Waals surface area contributed by atoms with Crippen LogP contribution in [0.4, 0.5) is 0 Å². The summed E-state index contributed by atoms with van der Waals surface area (Å²) in [7, 11) is 2.15. The lowest BCUT2D eigenvalue weighted by Gasteiger charge is -2.43. The van der Waals surface area contributed by atoms with Crippen molar-refractivity contribution in [2.75, 3.05) is 7.05 Å². The van der Waals surface area contributed by atoms with E-state index in [1.807, 2.05) is 6.07 Å². The molecule has 2 atom stereocenters. The van der Waals surface area contributed by atoms with Gasteiger partial charge in [-0.3, -0.25) is 4.90 Å². The Balaban J connectivity index is 2.11. The van der Waals surface area contributed by atoms with Crippen LogP contribution in [0.2, 0.25) is 10.0 Å². The fourth-order valence-electron chi connectivity index (χ4n) is 3.93. The average Bonchev–Trinajstić information content (AvgIpc) is 2.62. The molecule has 0 amide bonds. The van der Waals surface area contributed by atoms with E-state index in [2.05, 4.69) is 11.9 Å². The lowest BCUT2D eigenvalue weighted by atomic mass is 9.81. The smallest absolute Gasteiger partial charge is 0.337 e. The minimum atomic E-state index is -1.04. The maximum atomic E-state index is 11.1. The molecule has 2 bridgehead atoms. The molecule has 0 unspecified atom stereocenters. The van der Waals surface area contributed by atoms with Gasteiger partial charge in [0.15, 0.2) is 0 Å². The van der Waals surface area contributed by atoms with Gasteiger partial charge in [0, 0.05) is 11.6 Å². The second-order valence-corrected chi connectivity index (χ2v) is 6.58. The number of rotatable bonds is 2. The van der Waals surface area contributed by atoms with Crippen LogP contribution in [0, 0.1) is 0 Å². The number of halogens is 2. The van der Waals surface area contributed by atoms with Crippen molar-refractivity contribution in [1.82, 2.24) is 4.90 Å². The van der Waals surface area contributed by atoms with Gasteiger partial charge in [-0.25, -0.2) is 4.79 Å². The average molecular weight is 314 g/mol. The number of carbonyl (C=O) groups is 1. The molecule has 2 fully saturated rings. The molecule has 1 aromatic rings. The molecule has 20 heavy (non-hydrogen) atoms. The lowest BCUT2D eigenvalue weighted by molar-refractivity contribution is 0.0695. The van der Waals surface area contributed by atoms with Crippen molar-refractivity contribution >= 4 is 29.2 Å². The predicted molar refractivity (Wildman–Crippen MR) is 79.7 cm³/mol. The third-order valence-electron chi connectivity index (χ3n) is 5.06. The molecule has 0 spiro atoms. The van der Waals surface area contributed by atoms with E-state index in [4.69, 9.17) is 28.3 Å². The second kappa shape index (κ2) is 4.90. The maximum Gasteiger partial charge on any atom is 0.337 e. The third-order valence-corrected chi connectivity index (χ3v) is 5.94. The monoisotopic (exact) mass is 313 g/mol. The highest BCUT2D eigenvalue weighted by molar-refractivity contribution is 6.44. The molecule has 2 saturated heterocycles. The summed E-state index contributed by atoms with van der Waals surface area (Å²) in [5, 5.41) is 9.68. The van der Waals surface area contributed by atoms with Crippen LogP contribution in [0.5, 0.6) is 0 Å². The Kier molecular flexibility index (Phi) is 3.47. The van der Waals surface area contributed by atoms with Gasteiger partial charge < -0.3 is 5.11 Å². The van der Waals surface area contributed by atoms with Crippen molar-refractivity contribution in [3.8, 4) is 0 Å². The molecule has 2 aliphatic rings. The molecular formula is C15H17Cl2NO2. The fourth-order valence-corrected chi connectivity index (χ4v) is 4.51. The molecule has 3 nitrogen and oxygen atoms in total. The molecule has 0 aromatic heterocycles. The molecule has 2 heterocycles. The van der Waals surface area contributed by atoms with Gasteiger partial charge in [0.1, 0.15) is 0 Å². The number of hydrogen-bond acceptors (Lipinski definition) is 2. The minimum Gasteiger partial charge on any atom is -0.478 e. The van der Waals surface area contributed by atoms with Gasteiger partial charge >= 0.3 is 5.97 Å². The zero-order chi connectivity index (χ0) is 14.5. The summed E-state index contributed by atoms with van der Waals surface area (Å²) < 4.78 is 0. The van der Waals surface area contributed by atoms with Crippen LogP contribution < -0.4 is 0 Å². The molecule has 3 rings (SSSR count). The van der Waals surface area contributed by atoms with Crippen LogP contribution in [0.1, 0.15) is 48.0 Å². The highest BCUT2D eigenvalue weighted by Gasteiger charge is 2.48. The van der Waals surface area contributed by atoms with Gasteiger partial charge in [0.05, 0.1) is 15.6 Å². The van der Waals surface area contributed by atoms with Crippen LogP contribution in [-0.4, -0.2) is 29.1 Å². The summed E-state index contributed by atoms with van der Waals surface area (Å²) in [4.78, 5) is 13.5. The summed E-state index contributed by atoms with van der Waals surface area (Å²) in [5.41, 5.74) is 0.990. The topological polar surface area (TPSA) is 40.5 Å². The molecule has 2 aliphatic heterocycles. The van der Waals surface area contributed by atoms with Crippen LogP contribution in [0.3, 0.4) is 0 Å². The van der Waals surface area contributed by atoms with Crippen LogP contribution in [0.15, 0.2) is 12.1 Å². The molecule has 5 heteroatoms. The Labute approximate surface area is 128 Å². The van der Waals surface area contributed by atoms with Crippen LogP contribution in [0.25, 0.3) is 0 Å². The Hall–Kier alpha value is -0.770. The number of hydrogen-bond donors (Lipinski definition) is 1. The largest absolute Gasteiger partial charge is 0.478 e. The third kappa shape index (κ3) is 1.87. The van der Waals surface area contributed by atoms with Gasteiger partial charge in [-0.05, 0) is 50.8 Å². The molecule has 108 valence electrons. The summed E-state index contributed by atoms with van der Waals surface area (Å²) in [6.07, 6.45) is 5.71. The van der Waals surface area contributed by atoms with Crippen molar-refractivity contribution in [2.45, 2.75) is 43.7 Å².